The number of fused-ring (bicyclic) bond motifs is 1. The van der Waals surface area contributed by atoms with Gasteiger partial charge in [0.1, 0.15) is 5.82 Å². The van der Waals surface area contributed by atoms with Crippen molar-refractivity contribution in [2.45, 2.75) is 6.54 Å². The zero-order valence-electron chi connectivity index (χ0n) is 18.8. The molecule has 0 radical (unpaired) electrons. The Bertz CT molecular complexity index is 1210. The van der Waals surface area contributed by atoms with Gasteiger partial charge in [-0.05, 0) is 35.9 Å². The van der Waals surface area contributed by atoms with Gasteiger partial charge in [0.25, 0.3) is 5.91 Å². The number of aromatic nitrogens is 1. The summed E-state index contributed by atoms with van der Waals surface area (Å²) in [5.41, 5.74) is 1.37. The van der Waals surface area contributed by atoms with Crippen molar-refractivity contribution >= 4 is 34.2 Å². The van der Waals surface area contributed by atoms with Gasteiger partial charge in [-0.2, -0.15) is 0 Å². The molecule has 174 valence electrons. The molecule has 0 fully saturated rings. The van der Waals surface area contributed by atoms with Crippen molar-refractivity contribution in [1.82, 2.24) is 9.88 Å². The molecular weight excluding hydrogens is 431 g/mol. The Hall–Kier alpha value is -3.85. The summed E-state index contributed by atoms with van der Waals surface area (Å²) in [6, 6.07) is 7.26. The number of aliphatic hydroxyl groups is 1. The summed E-state index contributed by atoms with van der Waals surface area (Å²) in [4.78, 5) is 25.4. The number of methoxy groups -OCH3 is 3. The first-order valence-corrected chi connectivity index (χ1v) is 10.1. The fourth-order valence-electron chi connectivity index (χ4n) is 3.78. The molecule has 0 saturated carbocycles. The third kappa shape index (κ3) is 4.40. The molecule has 0 aliphatic carbocycles. The van der Waals surface area contributed by atoms with Crippen LogP contribution in [0.25, 0.3) is 22.0 Å². The number of halogens is 1. The third-order valence-electron chi connectivity index (χ3n) is 5.27. The molecule has 0 unspecified atom stereocenters. The second-order valence-electron chi connectivity index (χ2n) is 7.02. The number of aldehydes is 1. The maximum absolute atomic E-state index is 14.2. The summed E-state index contributed by atoms with van der Waals surface area (Å²) in [5.74, 6) is -0.107. The van der Waals surface area contributed by atoms with Gasteiger partial charge in [-0.15, -0.1) is 0 Å². The van der Waals surface area contributed by atoms with E-state index in [4.69, 9.17) is 14.2 Å². The Balaban J connectivity index is 2.42. The van der Waals surface area contributed by atoms with Gasteiger partial charge in [0, 0.05) is 41.8 Å². The highest BCUT2D eigenvalue weighted by Gasteiger charge is 2.24. The maximum atomic E-state index is 14.2. The third-order valence-corrected chi connectivity index (χ3v) is 5.27. The number of aliphatic hydroxyl groups excluding tert-OH is 1. The van der Waals surface area contributed by atoms with Gasteiger partial charge in [-0.1, -0.05) is 0 Å². The molecule has 1 amide bonds. The molecule has 0 aliphatic heterocycles. The number of hydrogen-bond donors (Lipinski definition) is 2. The molecule has 0 saturated heterocycles. The standard InChI is InChI=1S/C24H25FN2O6/c1-26-24(30)22(17-12-27(7-8-28)19-6-5-15(25)11-16(17)19)18(13-29)14-9-20(31-2)23(33-4)21(10-14)32-3/h5-6,9-13,28H,7-8H2,1-4H3,(H,26,30)/b22-18+. The van der Waals surface area contributed by atoms with E-state index in [9.17, 15) is 19.1 Å². The molecule has 3 aromatic rings. The fraction of sp³-hybridized carbons (Fsp3) is 0.250. The number of benzene rings is 2. The summed E-state index contributed by atoms with van der Waals surface area (Å²) >= 11 is 0. The molecule has 1 aromatic heterocycles. The highest BCUT2D eigenvalue weighted by Crippen LogP contribution is 2.41. The summed E-state index contributed by atoms with van der Waals surface area (Å²) < 4.78 is 32.0. The SMILES string of the molecule is CNC(=O)/C(=C(\C=O)c1cc(OC)c(OC)c(OC)c1)c1cn(CCO)c2ccc(F)cc12. The van der Waals surface area contributed by atoms with E-state index >= 15 is 0 Å². The molecular formula is C24H25FN2O6. The van der Waals surface area contributed by atoms with Crippen molar-refractivity contribution in [3.63, 3.8) is 0 Å². The van der Waals surface area contributed by atoms with Gasteiger partial charge in [0.05, 0.1) is 33.5 Å². The van der Waals surface area contributed by atoms with Gasteiger partial charge >= 0.3 is 0 Å². The van der Waals surface area contributed by atoms with E-state index in [1.165, 1.54) is 40.5 Å². The molecule has 3 rings (SSSR count). The number of allylic oxidation sites excluding steroid dienone is 1. The highest BCUT2D eigenvalue weighted by molar-refractivity contribution is 6.37. The molecule has 0 spiro atoms. The van der Waals surface area contributed by atoms with Crippen LogP contribution in [0.2, 0.25) is 0 Å². The number of nitrogens with zero attached hydrogens (tertiary/aromatic N) is 1. The van der Waals surface area contributed by atoms with E-state index in [0.717, 1.165) is 0 Å². The van der Waals surface area contributed by atoms with Crippen LogP contribution in [0.1, 0.15) is 11.1 Å². The number of nitrogens with one attached hydrogen (secondary N) is 1. The molecule has 0 atom stereocenters. The number of hydrogen-bond acceptors (Lipinski definition) is 6. The van der Waals surface area contributed by atoms with Crippen LogP contribution in [0, 0.1) is 5.82 Å². The Labute approximate surface area is 190 Å². The molecule has 33 heavy (non-hydrogen) atoms. The monoisotopic (exact) mass is 456 g/mol. The number of ether oxygens (including phenoxy) is 3. The number of rotatable bonds is 9. The maximum Gasteiger partial charge on any atom is 0.252 e. The van der Waals surface area contributed by atoms with Crippen molar-refractivity contribution < 1.29 is 33.3 Å². The topological polar surface area (TPSA) is 99.0 Å². The molecule has 8 nitrogen and oxygen atoms in total. The number of likely N-dealkylation sites (N-methyl/N-ethyl adjacent to an activating group) is 1. The minimum absolute atomic E-state index is 0.0362. The zero-order chi connectivity index (χ0) is 24.1. The van der Waals surface area contributed by atoms with Crippen molar-refractivity contribution in [3.8, 4) is 17.2 Å². The van der Waals surface area contributed by atoms with Crippen molar-refractivity contribution in [3.05, 3.63) is 53.5 Å². The van der Waals surface area contributed by atoms with Crippen LogP contribution < -0.4 is 19.5 Å². The first-order chi connectivity index (χ1) is 15.9. The van der Waals surface area contributed by atoms with Crippen molar-refractivity contribution in [2.75, 3.05) is 35.0 Å². The molecule has 2 N–H and O–H groups in total. The van der Waals surface area contributed by atoms with E-state index in [0.29, 0.717) is 45.6 Å². The van der Waals surface area contributed by atoms with Crippen LogP contribution in [0.15, 0.2) is 36.5 Å². The van der Waals surface area contributed by atoms with Crippen LogP contribution in [0.3, 0.4) is 0 Å². The number of carbonyl (C=O) groups excluding carboxylic acids is 2. The summed E-state index contributed by atoms with van der Waals surface area (Å²) in [6.07, 6.45) is 2.17. The number of carbonyl (C=O) groups is 2. The van der Waals surface area contributed by atoms with Crippen LogP contribution in [0.5, 0.6) is 17.2 Å². The summed E-state index contributed by atoms with van der Waals surface area (Å²) in [6.45, 7) is 0.0663. The Morgan fingerprint density at radius 3 is 2.30 bits per heavy atom. The van der Waals surface area contributed by atoms with Crippen molar-refractivity contribution in [2.24, 2.45) is 0 Å². The minimum Gasteiger partial charge on any atom is -0.493 e. The van der Waals surface area contributed by atoms with E-state index in [1.54, 1.807) is 29.0 Å². The summed E-state index contributed by atoms with van der Waals surface area (Å²) in [7, 11) is 5.77. The highest BCUT2D eigenvalue weighted by atomic mass is 19.1. The second-order valence-corrected chi connectivity index (χ2v) is 7.02. The lowest BCUT2D eigenvalue weighted by Gasteiger charge is -2.16. The van der Waals surface area contributed by atoms with Crippen LogP contribution in [0.4, 0.5) is 4.39 Å². The Morgan fingerprint density at radius 2 is 1.79 bits per heavy atom. The van der Waals surface area contributed by atoms with E-state index in [2.05, 4.69) is 5.32 Å². The lowest BCUT2D eigenvalue weighted by atomic mass is 9.94. The predicted molar refractivity (Wildman–Crippen MR) is 122 cm³/mol. The van der Waals surface area contributed by atoms with Crippen molar-refractivity contribution in [1.29, 1.82) is 0 Å². The molecule has 2 aromatic carbocycles. The lowest BCUT2D eigenvalue weighted by Crippen LogP contribution is -2.20. The number of amides is 1. The largest absolute Gasteiger partial charge is 0.493 e. The zero-order valence-corrected chi connectivity index (χ0v) is 18.8. The van der Waals surface area contributed by atoms with Crippen LogP contribution >= 0.6 is 0 Å². The van der Waals surface area contributed by atoms with Gasteiger partial charge in [0.2, 0.25) is 5.75 Å². The average Bonchev–Trinajstić information content (AvgIpc) is 3.17. The average molecular weight is 456 g/mol. The quantitative estimate of drug-likeness (QED) is 0.380. The van der Waals surface area contributed by atoms with Gasteiger partial charge in [-0.25, -0.2) is 4.39 Å². The lowest BCUT2D eigenvalue weighted by molar-refractivity contribution is -0.115. The van der Waals surface area contributed by atoms with Gasteiger partial charge in [0.15, 0.2) is 17.8 Å². The van der Waals surface area contributed by atoms with Gasteiger partial charge < -0.3 is 29.2 Å². The smallest absolute Gasteiger partial charge is 0.252 e. The van der Waals surface area contributed by atoms with E-state index < -0.39 is 11.7 Å². The predicted octanol–water partition coefficient (Wildman–Crippen LogP) is 2.65. The molecule has 9 heteroatoms. The van der Waals surface area contributed by atoms with Gasteiger partial charge in [-0.3, -0.25) is 9.59 Å². The molecule has 0 aliphatic rings. The van der Waals surface area contributed by atoms with Crippen LogP contribution in [-0.4, -0.2) is 56.9 Å². The first kappa shape index (κ1) is 23.8. The first-order valence-electron chi connectivity index (χ1n) is 10.1. The minimum atomic E-state index is -0.543. The Morgan fingerprint density at radius 1 is 1.12 bits per heavy atom. The normalized spacial score (nSPS) is 11.7. The van der Waals surface area contributed by atoms with E-state index in [-0.39, 0.29) is 24.3 Å². The Kier molecular flexibility index (Phi) is 7.34. The molecule has 0 bridgehead atoms. The van der Waals surface area contributed by atoms with E-state index in [1.807, 2.05) is 0 Å². The van der Waals surface area contributed by atoms with Crippen LogP contribution in [-0.2, 0) is 16.1 Å². The molecule has 1 heterocycles. The second kappa shape index (κ2) is 10.2. The summed E-state index contributed by atoms with van der Waals surface area (Å²) in [5, 5.41) is 12.4. The fourth-order valence-corrected chi connectivity index (χ4v) is 3.78.